The van der Waals surface area contributed by atoms with Crippen molar-refractivity contribution in [1.29, 1.82) is 5.41 Å². The van der Waals surface area contributed by atoms with Gasteiger partial charge < -0.3 is 25.4 Å². The number of amides is 2. The van der Waals surface area contributed by atoms with E-state index in [1.165, 1.54) is 23.1 Å². The van der Waals surface area contributed by atoms with Gasteiger partial charge in [-0.3, -0.25) is 10.2 Å². The van der Waals surface area contributed by atoms with Crippen LogP contribution in [0.15, 0.2) is 60.7 Å². The molecule has 1 heterocycles. The first-order valence-electron chi connectivity index (χ1n) is 11.8. The molecule has 0 fully saturated rings. The van der Waals surface area contributed by atoms with Crippen LogP contribution in [0.2, 0.25) is 0 Å². The number of esters is 2. The zero-order chi connectivity index (χ0) is 27.7. The van der Waals surface area contributed by atoms with Gasteiger partial charge in [0.1, 0.15) is 23.9 Å². The minimum atomic E-state index is -0.815. The molecule has 0 bridgehead atoms. The second-order valence-electron chi connectivity index (χ2n) is 8.79. The van der Waals surface area contributed by atoms with Gasteiger partial charge in [0.25, 0.3) is 0 Å². The lowest BCUT2D eigenvalue weighted by Crippen LogP contribution is -2.43. The maximum absolute atomic E-state index is 14.2. The number of nitrogens with one attached hydrogen (secondary N) is 2. The molecule has 3 aromatic rings. The van der Waals surface area contributed by atoms with E-state index in [1.54, 1.807) is 6.07 Å². The van der Waals surface area contributed by atoms with Crippen LogP contribution in [-0.4, -0.2) is 41.8 Å². The SMILES string of the molecule is CC(C)CN(Cc1ccc(C(=O)Oc2ccc(C(=N)N)cc2F)s1)C(=O)NCC(=O)OCc1ccccc1. The fraction of sp³-hybridized carbons (Fsp3) is 0.259. The van der Waals surface area contributed by atoms with Crippen LogP contribution in [0.4, 0.5) is 9.18 Å². The lowest BCUT2D eigenvalue weighted by Gasteiger charge is -2.24. The Morgan fingerprint density at radius 1 is 1.11 bits per heavy atom. The summed E-state index contributed by atoms with van der Waals surface area (Å²) in [5, 5.41) is 9.94. The highest BCUT2D eigenvalue weighted by atomic mass is 32.1. The molecule has 0 atom stereocenters. The number of carbonyl (C=O) groups is 3. The number of rotatable bonds is 11. The molecule has 0 spiro atoms. The Morgan fingerprint density at radius 3 is 2.50 bits per heavy atom. The van der Waals surface area contributed by atoms with Gasteiger partial charge in [0.05, 0.1) is 6.54 Å². The van der Waals surface area contributed by atoms with Crippen molar-refractivity contribution in [2.24, 2.45) is 11.7 Å². The van der Waals surface area contributed by atoms with Gasteiger partial charge in [-0.1, -0.05) is 44.2 Å². The molecular weight excluding hydrogens is 511 g/mol. The normalized spacial score (nSPS) is 10.6. The van der Waals surface area contributed by atoms with Gasteiger partial charge in [0.15, 0.2) is 11.6 Å². The van der Waals surface area contributed by atoms with Crippen LogP contribution >= 0.6 is 11.3 Å². The van der Waals surface area contributed by atoms with E-state index in [1.807, 2.05) is 44.2 Å². The first kappa shape index (κ1) is 28.3. The molecule has 0 unspecified atom stereocenters. The Bertz CT molecular complexity index is 1300. The predicted molar refractivity (Wildman–Crippen MR) is 142 cm³/mol. The number of amidine groups is 1. The van der Waals surface area contributed by atoms with Gasteiger partial charge in [-0.15, -0.1) is 11.3 Å². The standard InChI is InChI=1S/C27H29FN4O5S/c1-17(2)14-32(27(35)31-13-24(33)36-16-18-6-4-3-5-7-18)15-20-9-11-23(38-20)26(34)37-22-10-8-19(25(29)30)12-21(22)28/h3-12,17H,13-16H2,1-2H3,(H3,29,30)(H,31,35). The van der Waals surface area contributed by atoms with E-state index in [-0.39, 0.29) is 47.6 Å². The van der Waals surface area contributed by atoms with Crippen LogP contribution in [0.5, 0.6) is 5.75 Å². The highest BCUT2D eigenvalue weighted by Gasteiger charge is 2.20. The van der Waals surface area contributed by atoms with Crippen molar-refractivity contribution in [2.75, 3.05) is 13.1 Å². The molecular formula is C27H29FN4O5S. The average Bonchev–Trinajstić information content (AvgIpc) is 3.35. The molecule has 9 nitrogen and oxygen atoms in total. The summed E-state index contributed by atoms with van der Waals surface area (Å²) in [5.74, 6) is -2.56. The minimum absolute atomic E-state index is 0.115. The number of urea groups is 1. The van der Waals surface area contributed by atoms with Crippen molar-refractivity contribution in [2.45, 2.75) is 27.0 Å². The van der Waals surface area contributed by atoms with E-state index in [0.29, 0.717) is 11.4 Å². The van der Waals surface area contributed by atoms with Crippen LogP contribution in [0.25, 0.3) is 0 Å². The van der Waals surface area contributed by atoms with E-state index in [9.17, 15) is 18.8 Å². The fourth-order valence-corrected chi connectivity index (χ4v) is 4.27. The summed E-state index contributed by atoms with van der Waals surface area (Å²) in [5.41, 5.74) is 6.36. The van der Waals surface area contributed by atoms with Crippen molar-refractivity contribution < 1.29 is 28.2 Å². The zero-order valence-electron chi connectivity index (χ0n) is 21.0. The smallest absolute Gasteiger partial charge is 0.353 e. The number of ether oxygens (including phenoxy) is 2. The van der Waals surface area contributed by atoms with E-state index < -0.39 is 23.8 Å². The maximum Gasteiger partial charge on any atom is 0.353 e. The van der Waals surface area contributed by atoms with Crippen LogP contribution in [-0.2, 0) is 22.7 Å². The molecule has 0 aliphatic heterocycles. The number of hydrogen-bond donors (Lipinski definition) is 3. The van der Waals surface area contributed by atoms with E-state index in [4.69, 9.17) is 20.6 Å². The highest BCUT2D eigenvalue weighted by Crippen LogP contribution is 2.23. The summed E-state index contributed by atoms with van der Waals surface area (Å²) >= 11 is 1.11. The molecule has 2 aromatic carbocycles. The Balaban J connectivity index is 1.57. The van der Waals surface area contributed by atoms with Gasteiger partial charge in [-0.05, 0) is 41.8 Å². The van der Waals surface area contributed by atoms with E-state index >= 15 is 0 Å². The summed E-state index contributed by atoms with van der Waals surface area (Å²) in [4.78, 5) is 39.9. The molecule has 3 rings (SSSR count). The van der Waals surface area contributed by atoms with Gasteiger partial charge >= 0.3 is 18.0 Å². The lowest BCUT2D eigenvalue weighted by atomic mass is 10.2. The van der Waals surface area contributed by atoms with Crippen LogP contribution in [0.1, 0.15) is 39.5 Å². The number of carbonyl (C=O) groups excluding carboxylic acids is 3. The van der Waals surface area contributed by atoms with Crippen LogP contribution in [0.3, 0.4) is 0 Å². The number of halogens is 1. The summed E-state index contributed by atoms with van der Waals surface area (Å²) in [7, 11) is 0. The Labute approximate surface area is 223 Å². The lowest BCUT2D eigenvalue weighted by molar-refractivity contribution is -0.143. The van der Waals surface area contributed by atoms with Crippen molar-refractivity contribution >= 4 is 35.1 Å². The minimum Gasteiger partial charge on any atom is -0.460 e. The quantitative estimate of drug-likeness (QED) is 0.144. The molecule has 200 valence electrons. The molecule has 1 aromatic heterocycles. The zero-order valence-corrected chi connectivity index (χ0v) is 21.8. The molecule has 0 aliphatic carbocycles. The number of nitrogens with two attached hydrogens (primary N) is 1. The number of benzene rings is 2. The molecule has 0 saturated heterocycles. The van der Waals surface area contributed by atoms with Crippen LogP contribution < -0.4 is 15.8 Å². The molecule has 11 heteroatoms. The first-order valence-corrected chi connectivity index (χ1v) is 12.6. The number of nitrogen functional groups attached to an aromatic ring is 1. The van der Waals surface area contributed by atoms with Gasteiger partial charge in [-0.2, -0.15) is 0 Å². The average molecular weight is 541 g/mol. The fourth-order valence-electron chi connectivity index (χ4n) is 3.37. The molecule has 0 saturated carbocycles. The van der Waals surface area contributed by atoms with Crippen molar-refractivity contribution in [3.05, 3.63) is 87.4 Å². The van der Waals surface area contributed by atoms with Gasteiger partial charge in [0.2, 0.25) is 0 Å². The Hall–Kier alpha value is -4.25. The molecule has 2 amide bonds. The largest absolute Gasteiger partial charge is 0.460 e. The highest BCUT2D eigenvalue weighted by molar-refractivity contribution is 7.13. The maximum atomic E-state index is 14.2. The molecule has 38 heavy (non-hydrogen) atoms. The summed E-state index contributed by atoms with van der Waals surface area (Å²) < 4.78 is 24.6. The van der Waals surface area contributed by atoms with Crippen LogP contribution in [0, 0.1) is 17.1 Å². The third-order valence-electron chi connectivity index (χ3n) is 5.15. The second kappa shape index (κ2) is 13.3. The van der Waals surface area contributed by atoms with E-state index in [2.05, 4.69) is 5.32 Å². The molecule has 0 radical (unpaired) electrons. The number of hydrogen-bond acceptors (Lipinski definition) is 7. The number of thiophene rings is 1. The monoisotopic (exact) mass is 540 g/mol. The summed E-state index contributed by atoms with van der Waals surface area (Å²) in [6.45, 7) is 4.36. The third kappa shape index (κ3) is 8.41. The van der Waals surface area contributed by atoms with E-state index in [0.717, 1.165) is 23.0 Å². The van der Waals surface area contributed by atoms with Gasteiger partial charge in [-0.25, -0.2) is 14.0 Å². The summed E-state index contributed by atoms with van der Waals surface area (Å²) in [6, 6.07) is 15.6. The Morgan fingerprint density at radius 2 is 1.84 bits per heavy atom. The Kier molecular flexibility index (Phi) is 9.94. The molecule has 0 aliphatic rings. The topological polar surface area (TPSA) is 135 Å². The third-order valence-corrected chi connectivity index (χ3v) is 6.20. The molecule has 4 N–H and O–H groups in total. The predicted octanol–water partition coefficient (Wildman–Crippen LogP) is 4.30. The van der Waals surface area contributed by atoms with Gasteiger partial charge in [0, 0.05) is 17.0 Å². The van der Waals surface area contributed by atoms with Crippen molar-refractivity contribution in [3.8, 4) is 5.75 Å². The summed E-state index contributed by atoms with van der Waals surface area (Å²) in [6.07, 6.45) is 0. The number of nitrogens with zero attached hydrogens (tertiary/aromatic N) is 1. The van der Waals surface area contributed by atoms with Crippen molar-refractivity contribution in [1.82, 2.24) is 10.2 Å². The van der Waals surface area contributed by atoms with Crippen molar-refractivity contribution in [3.63, 3.8) is 0 Å². The second-order valence-corrected chi connectivity index (χ2v) is 9.96. The first-order chi connectivity index (χ1) is 18.1.